The Balaban J connectivity index is 1.74. The first-order valence-electron chi connectivity index (χ1n) is 14.9. The maximum Gasteiger partial charge on any atom is 0.269 e. The van der Waals surface area contributed by atoms with Gasteiger partial charge in [0.15, 0.2) is 0 Å². The van der Waals surface area contributed by atoms with E-state index >= 15 is 0 Å². The van der Waals surface area contributed by atoms with E-state index in [1.165, 1.54) is 28.6 Å². The van der Waals surface area contributed by atoms with Crippen molar-refractivity contribution < 1.29 is 17.8 Å². The average molecular weight is 617 g/mol. The fourth-order valence-electron chi connectivity index (χ4n) is 7.53. The Kier molecular flexibility index (Phi) is 8.17. The highest BCUT2D eigenvalue weighted by Crippen LogP contribution is 2.58. The number of nitro benzene ring substituents is 1. The lowest BCUT2D eigenvalue weighted by molar-refractivity contribution is -0.384. The first kappa shape index (κ1) is 30.8. The average Bonchev–Trinajstić information content (AvgIpc) is 3.53. The minimum atomic E-state index is -4.12. The van der Waals surface area contributed by atoms with Crippen LogP contribution in [-0.4, -0.2) is 32.0 Å². The maximum atomic E-state index is 14.4. The second-order valence-corrected chi connectivity index (χ2v) is 19.7. The largest absolute Gasteiger partial charge is 0.544 e. The number of hydrogen-bond donors (Lipinski definition) is 0. The van der Waals surface area contributed by atoms with Crippen LogP contribution in [0, 0.1) is 10.1 Å². The monoisotopic (exact) mass is 616 g/mol. The number of allylic oxidation sites excluding steroid dienone is 1. The summed E-state index contributed by atoms with van der Waals surface area (Å²) in [6, 6.07) is 24.6. The van der Waals surface area contributed by atoms with Gasteiger partial charge in [0, 0.05) is 24.3 Å². The van der Waals surface area contributed by atoms with Gasteiger partial charge in [-0.15, -0.1) is 0 Å². The van der Waals surface area contributed by atoms with E-state index in [2.05, 4.69) is 71.9 Å². The van der Waals surface area contributed by atoms with Crippen LogP contribution in [0.1, 0.15) is 58.6 Å². The number of hydrogen-bond acceptors (Lipinski definition) is 5. The van der Waals surface area contributed by atoms with Crippen LogP contribution in [-0.2, 0) is 19.9 Å². The van der Waals surface area contributed by atoms with Gasteiger partial charge in [-0.1, -0.05) is 108 Å². The predicted octanol–water partition coefficient (Wildman–Crippen LogP) is 8.29. The van der Waals surface area contributed by atoms with Crippen molar-refractivity contribution in [2.24, 2.45) is 0 Å². The molecule has 0 N–H and O–H groups in total. The van der Waals surface area contributed by atoms with Crippen LogP contribution < -0.4 is 0 Å². The fraction of sp³-hybridized carbons (Fsp3) is 0.353. The van der Waals surface area contributed by atoms with Crippen molar-refractivity contribution >= 4 is 24.0 Å². The number of non-ortho nitro benzene ring substituents is 1. The minimum absolute atomic E-state index is 0.00536. The van der Waals surface area contributed by atoms with Crippen LogP contribution in [0.5, 0.6) is 0 Å². The normalized spacial score (nSPS) is 21.9. The molecule has 2 aliphatic rings. The van der Waals surface area contributed by atoms with Crippen molar-refractivity contribution in [3.63, 3.8) is 0 Å². The molecule has 0 aromatic heterocycles. The van der Waals surface area contributed by atoms with Crippen LogP contribution in [0.4, 0.5) is 5.69 Å². The Morgan fingerprint density at radius 3 is 1.88 bits per heavy atom. The van der Waals surface area contributed by atoms with E-state index in [1.54, 1.807) is 6.20 Å². The minimum Gasteiger partial charge on any atom is -0.544 e. The lowest BCUT2D eigenvalue weighted by Crippen LogP contribution is -2.52. The van der Waals surface area contributed by atoms with Gasteiger partial charge in [-0.3, -0.25) is 14.4 Å². The third-order valence-corrected chi connectivity index (χ3v) is 17.1. The number of sulfonamides is 1. The summed E-state index contributed by atoms with van der Waals surface area (Å²) >= 11 is 0. The van der Waals surface area contributed by atoms with E-state index in [4.69, 9.17) is 4.43 Å². The molecule has 0 saturated heterocycles. The standard InChI is InChI=1S/C34H40N2O5SSi/c1-24(2)43(25(3)4,26(5)6)41-32-23-31(27-13-9-7-10-14-27)34(28-15-11-8-12-16-28)21-22-35(33(32)34)42(39,40)30-19-17-29(18-20-30)36(37)38/h7-26,31,33H,1-6H3/t31?,33-,34-/m0/s1. The molecule has 43 heavy (non-hydrogen) atoms. The van der Waals surface area contributed by atoms with E-state index < -0.39 is 34.7 Å². The molecule has 3 aromatic rings. The van der Waals surface area contributed by atoms with E-state index in [0.717, 1.165) is 11.1 Å². The quantitative estimate of drug-likeness (QED) is 0.130. The number of nitrogens with zero attached hydrogens (tertiary/aromatic N) is 2. The molecule has 1 heterocycles. The Labute approximate surface area is 256 Å². The van der Waals surface area contributed by atoms with Crippen molar-refractivity contribution in [3.05, 3.63) is 130 Å². The molecule has 0 fully saturated rings. The summed E-state index contributed by atoms with van der Waals surface area (Å²) in [5.41, 5.74) is 1.98. The molecular weight excluding hydrogens is 577 g/mol. The summed E-state index contributed by atoms with van der Waals surface area (Å²) in [5.74, 6) is 0.485. The second kappa shape index (κ2) is 11.4. The van der Waals surface area contributed by atoms with Gasteiger partial charge in [0.2, 0.25) is 0 Å². The Morgan fingerprint density at radius 1 is 0.837 bits per heavy atom. The van der Waals surface area contributed by atoms with E-state index in [-0.39, 0.29) is 33.1 Å². The molecule has 0 spiro atoms. The molecule has 1 unspecified atom stereocenters. The van der Waals surface area contributed by atoms with Crippen LogP contribution in [0.3, 0.4) is 0 Å². The Morgan fingerprint density at radius 2 is 1.37 bits per heavy atom. The lowest BCUT2D eigenvalue weighted by atomic mass is 9.68. The van der Waals surface area contributed by atoms with Crippen molar-refractivity contribution in [3.8, 4) is 0 Å². The summed E-state index contributed by atoms with van der Waals surface area (Å²) in [6.45, 7) is 13.3. The summed E-state index contributed by atoms with van der Waals surface area (Å²) < 4.78 is 37.6. The molecule has 3 atom stereocenters. The van der Waals surface area contributed by atoms with Gasteiger partial charge in [0.25, 0.3) is 24.0 Å². The van der Waals surface area contributed by atoms with Gasteiger partial charge in [-0.2, -0.15) is 0 Å². The topological polar surface area (TPSA) is 89.8 Å². The number of rotatable bonds is 10. The first-order valence-corrected chi connectivity index (χ1v) is 18.4. The third kappa shape index (κ3) is 4.92. The zero-order valence-corrected chi connectivity index (χ0v) is 27.4. The SMILES string of the molecule is CC(C)[Si](OC1=CC(c2ccccc2)[C@@]2(c3ccccc3)C=CN(S(=O)(=O)c3ccc([N+](=O)[O-])cc3)[C@@H]12)(C(C)C)C(C)C. The van der Waals surface area contributed by atoms with Crippen LogP contribution in [0.2, 0.25) is 16.6 Å². The van der Waals surface area contributed by atoms with Crippen molar-refractivity contribution in [1.29, 1.82) is 0 Å². The van der Waals surface area contributed by atoms with Gasteiger partial charge in [0.05, 0.1) is 15.2 Å². The molecule has 3 aromatic carbocycles. The molecular formula is C34H40N2O5SSi. The molecule has 0 amide bonds. The zero-order valence-electron chi connectivity index (χ0n) is 25.5. The van der Waals surface area contributed by atoms with Gasteiger partial charge in [-0.05, 0) is 46.0 Å². The van der Waals surface area contributed by atoms with Gasteiger partial charge < -0.3 is 4.43 Å². The fourth-order valence-corrected chi connectivity index (χ4v) is 14.3. The number of benzene rings is 3. The molecule has 1 aliphatic heterocycles. The summed E-state index contributed by atoms with van der Waals surface area (Å²) in [6.07, 6.45) is 5.84. The highest BCUT2D eigenvalue weighted by molar-refractivity contribution is 7.89. The summed E-state index contributed by atoms with van der Waals surface area (Å²) in [4.78, 5) is 10.8. The van der Waals surface area contributed by atoms with Gasteiger partial charge >= 0.3 is 0 Å². The Hall–Kier alpha value is -3.69. The third-order valence-electron chi connectivity index (χ3n) is 9.38. The highest BCUT2D eigenvalue weighted by Gasteiger charge is 2.61. The Bertz CT molecular complexity index is 1620. The van der Waals surface area contributed by atoms with E-state index in [0.29, 0.717) is 5.76 Å². The smallest absolute Gasteiger partial charge is 0.269 e. The molecule has 1 aliphatic carbocycles. The molecule has 5 rings (SSSR count). The molecule has 9 heteroatoms. The molecule has 7 nitrogen and oxygen atoms in total. The van der Waals surface area contributed by atoms with E-state index in [1.807, 2.05) is 42.5 Å². The molecule has 0 saturated carbocycles. The molecule has 226 valence electrons. The van der Waals surface area contributed by atoms with Crippen LogP contribution in [0.25, 0.3) is 0 Å². The van der Waals surface area contributed by atoms with Crippen LogP contribution >= 0.6 is 0 Å². The zero-order chi connectivity index (χ0) is 31.2. The van der Waals surface area contributed by atoms with Crippen molar-refractivity contribution in [1.82, 2.24) is 4.31 Å². The number of fused-ring (bicyclic) bond motifs is 1. The highest BCUT2D eigenvalue weighted by atomic mass is 32.2. The maximum absolute atomic E-state index is 14.4. The lowest BCUT2D eigenvalue weighted by Gasteiger charge is -2.45. The van der Waals surface area contributed by atoms with E-state index in [9.17, 15) is 18.5 Å². The van der Waals surface area contributed by atoms with Crippen LogP contribution in [0.15, 0.2) is 114 Å². The number of nitro groups is 1. The summed E-state index contributed by atoms with van der Waals surface area (Å²) in [5, 5.41) is 11.3. The summed E-state index contributed by atoms with van der Waals surface area (Å²) in [7, 11) is -6.62. The predicted molar refractivity (Wildman–Crippen MR) is 173 cm³/mol. The van der Waals surface area contributed by atoms with Crippen molar-refractivity contribution in [2.75, 3.05) is 0 Å². The van der Waals surface area contributed by atoms with Gasteiger partial charge in [0.1, 0.15) is 11.8 Å². The second-order valence-electron chi connectivity index (χ2n) is 12.5. The van der Waals surface area contributed by atoms with Crippen molar-refractivity contribution in [2.45, 2.75) is 80.4 Å². The molecule has 0 bridgehead atoms. The molecule has 0 radical (unpaired) electrons. The van der Waals surface area contributed by atoms with Gasteiger partial charge in [-0.25, -0.2) is 8.42 Å². The first-order chi connectivity index (χ1) is 20.4.